The SMILES string of the molecule is Cc1cc2ccc(N)nc2[nH]1. The summed E-state index contributed by atoms with van der Waals surface area (Å²) in [6.45, 7) is 2.00. The smallest absolute Gasteiger partial charge is 0.139 e. The molecule has 0 aromatic carbocycles. The highest BCUT2D eigenvalue weighted by Crippen LogP contribution is 2.13. The monoisotopic (exact) mass is 147 g/mol. The van der Waals surface area contributed by atoms with Crippen LogP contribution in [-0.2, 0) is 0 Å². The van der Waals surface area contributed by atoms with E-state index in [2.05, 4.69) is 9.97 Å². The van der Waals surface area contributed by atoms with Gasteiger partial charge in [-0.05, 0) is 25.1 Å². The number of nitrogen functional groups attached to an aromatic ring is 1. The molecule has 0 bridgehead atoms. The van der Waals surface area contributed by atoms with Gasteiger partial charge in [0.2, 0.25) is 0 Å². The standard InChI is InChI=1S/C8H9N3/c1-5-4-6-2-3-7(9)11-8(6)10-5/h2-4H,1H3,(H3,9,10,11). The molecule has 0 spiro atoms. The zero-order valence-electron chi connectivity index (χ0n) is 6.26. The van der Waals surface area contributed by atoms with Crippen LogP contribution in [0.3, 0.4) is 0 Å². The third kappa shape index (κ3) is 0.941. The van der Waals surface area contributed by atoms with Gasteiger partial charge in [-0.3, -0.25) is 0 Å². The molecule has 0 atom stereocenters. The van der Waals surface area contributed by atoms with Gasteiger partial charge in [-0.15, -0.1) is 0 Å². The first-order valence-electron chi connectivity index (χ1n) is 3.47. The fourth-order valence-corrected chi connectivity index (χ4v) is 1.16. The molecule has 0 saturated heterocycles. The normalized spacial score (nSPS) is 10.6. The molecule has 0 radical (unpaired) electrons. The summed E-state index contributed by atoms with van der Waals surface area (Å²) in [5.74, 6) is 0.555. The quantitative estimate of drug-likeness (QED) is 0.592. The topological polar surface area (TPSA) is 54.7 Å². The van der Waals surface area contributed by atoms with Crippen LogP contribution < -0.4 is 5.73 Å². The molecule has 0 aliphatic rings. The lowest BCUT2D eigenvalue weighted by atomic mass is 10.3. The van der Waals surface area contributed by atoms with Gasteiger partial charge < -0.3 is 10.7 Å². The molecule has 56 valence electrons. The minimum atomic E-state index is 0.555. The van der Waals surface area contributed by atoms with E-state index in [0.717, 1.165) is 16.7 Å². The molecule has 3 heteroatoms. The Balaban J connectivity index is 2.82. The van der Waals surface area contributed by atoms with Crippen LogP contribution in [0.5, 0.6) is 0 Å². The van der Waals surface area contributed by atoms with Crippen LogP contribution in [0.1, 0.15) is 5.69 Å². The van der Waals surface area contributed by atoms with Crippen molar-refractivity contribution in [2.75, 3.05) is 5.73 Å². The molecule has 0 saturated carbocycles. The van der Waals surface area contributed by atoms with Gasteiger partial charge in [0.05, 0.1) is 0 Å². The van der Waals surface area contributed by atoms with Crippen LogP contribution >= 0.6 is 0 Å². The Morgan fingerprint density at radius 1 is 1.45 bits per heavy atom. The third-order valence-corrected chi connectivity index (χ3v) is 1.64. The van der Waals surface area contributed by atoms with Crippen molar-refractivity contribution in [2.24, 2.45) is 0 Å². The van der Waals surface area contributed by atoms with E-state index in [-0.39, 0.29) is 0 Å². The Kier molecular flexibility index (Phi) is 1.12. The van der Waals surface area contributed by atoms with Gasteiger partial charge in [-0.25, -0.2) is 4.98 Å². The number of nitrogens with one attached hydrogen (secondary N) is 1. The molecular formula is C8H9N3. The van der Waals surface area contributed by atoms with Crippen molar-refractivity contribution in [3.63, 3.8) is 0 Å². The van der Waals surface area contributed by atoms with Crippen LogP contribution in [-0.4, -0.2) is 9.97 Å². The maximum Gasteiger partial charge on any atom is 0.139 e. The number of aryl methyl sites for hydroxylation is 1. The molecule has 0 aliphatic carbocycles. The first-order chi connectivity index (χ1) is 5.25. The van der Waals surface area contributed by atoms with Crippen LogP contribution in [0.2, 0.25) is 0 Å². The molecule has 2 rings (SSSR count). The average Bonchev–Trinajstić information content (AvgIpc) is 2.27. The van der Waals surface area contributed by atoms with E-state index >= 15 is 0 Å². The van der Waals surface area contributed by atoms with Gasteiger partial charge in [-0.2, -0.15) is 0 Å². The molecule has 3 N–H and O–H groups in total. The number of rotatable bonds is 0. The molecule has 0 fully saturated rings. The van der Waals surface area contributed by atoms with Crippen molar-refractivity contribution >= 4 is 16.9 Å². The Morgan fingerprint density at radius 2 is 2.27 bits per heavy atom. The van der Waals surface area contributed by atoms with Crippen molar-refractivity contribution < 1.29 is 0 Å². The van der Waals surface area contributed by atoms with Gasteiger partial charge in [0.15, 0.2) is 0 Å². The summed E-state index contributed by atoms with van der Waals surface area (Å²) in [5.41, 5.74) is 7.47. The molecular weight excluding hydrogens is 138 g/mol. The second kappa shape index (κ2) is 1.99. The first kappa shape index (κ1) is 6.22. The predicted molar refractivity (Wildman–Crippen MR) is 45.2 cm³/mol. The molecule has 2 aromatic rings. The van der Waals surface area contributed by atoms with E-state index in [1.165, 1.54) is 0 Å². The Morgan fingerprint density at radius 3 is 3.09 bits per heavy atom. The fourth-order valence-electron chi connectivity index (χ4n) is 1.16. The number of nitrogens with zero attached hydrogens (tertiary/aromatic N) is 1. The van der Waals surface area contributed by atoms with Crippen molar-refractivity contribution in [3.05, 3.63) is 23.9 Å². The fraction of sp³-hybridized carbons (Fsp3) is 0.125. The number of fused-ring (bicyclic) bond motifs is 1. The highest BCUT2D eigenvalue weighted by Gasteiger charge is 1.97. The van der Waals surface area contributed by atoms with Gasteiger partial charge in [0, 0.05) is 11.1 Å². The van der Waals surface area contributed by atoms with E-state index in [9.17, 15) is 0 Å². The maximum absolute atomic E-state index is 5.50. The Labute approximate surface area is 64.2 Å². The molecule has 0 unspecified atom stereocenters. The van der Waals surface area contributed by atoms with E-state index in [1.807, 2.05) is 19.1 Å². The zero-order valence-corrected chi connectivity index (χ0v) is 6.26. The minimum Gasteiger partial charge on any atom is -0.384 e. The first-order valence-corrected chi connectivity index (χ1v) is 3.47. The van der Waals surface area contributed by atoms with Crippen molar-refractivity contribution in [1.29, 1.82) is 0 Å². The number of nitrogens with two attached hydrogens (primary N) is 1. The second-order valence-corrected chi connectivity index (χ2v) is 2.63. The zero-order chi connectivity index (χ0) is 7.84. The Hall–Kier alpha value is -1.51. The Bertz CT molecular complexity index is 389. The van der Waals surface area contributed by atoms with Gasteiger partial charge in [0.25, 0.3) is 0 Å². The van der Waals surface area contributed by atoms with E-state index in [1.54, 1.807) is 6.07 Å². The number of anilines is 1. The van der Waals surface area contributed by atoms with Crippen molar-refractivity contribution in [3.8, 4) is 0 Å². The second-order valence-electron chi connectivity index (χ2n) is 2.63. The minimum absolute atomic E-state index is 0.555. The summed E-state index contributed by atoms with van der Waals surface area (Å²) >= 11 is 0. The predicted octanol–water partition coefficient (Wildman–Crippen LogP) is 1.45. The lowest BCUT2D eigenvalue weighted by molar-refractivity contribution is 1.25. The molecule has 0 amide bonds. The number of hydrogen-bond acceptors (Lipinski definition) is 2. The highest BCUT2D eigenvalue weighted by molar-refractivity contribution is 5.77. The van der Waals surface area contributed by atoms with Crippen LogP contribution in [0, 0.1) is 6.92 Å². The summed E-state index contributed by atoms with van der Waals surface area (Å²) in [5, 5.41) is 1.11. The lowest BCUT2D eigenvalue weighted by Gasteiger charge is -1.90. The van der Waals surface area contributed by atoms with Crippen LogP contribution in [0.15, 0.2) is 18.2 Å². The molecule has 2 heterocycles. The van der Waals surface area contributed by atoms with Crippen LogP contribution in [0.25, 0.3) is 11.0 Å². The van der Waals surface area contributed by atoms with E-state index in [0.29, 0.717) is 5.82 Å². The van der Waals surface area contributed by atoms with E-state index in [4.69, 9.17) is 5.73 Å². The number of aromatic amines is 1. The van der Waals surface area contributed by atoms with Crippen molar-refractivity contribution in [2.45, 2.75) is 6.92 Å². The summed E-state index contributed by atoms with van der Waals surface area (Å²) in [7, 11) is 0. The molecule has 2 aromatic heterocycles. The van der Waals surface area contributed by atoms with Crippen molar-refractivity contribution in [1.82, 2.24) is 9.97 Å². The summed E-state index contributed by atoms with van der Waals surface area (Å²) < 4.78 is 0. The van der Waals surface area contributed by atoms with Crippen LogP contribution in [0.4, 0.5) is 5.82 Å². The summed E-state index contributed by atoms with van der Waals surface area (Å²) in [6, 6.07) is 5.80. The number of aromatic nitrogens is 2. The van der Waals surface area contributed by atoms with Gasteiger partial charge in [0.1, 0.15) is 11.5 Å². The molecule has 3 nitrogen and oxygen atoms in total. The summed E-state index contributed by atoms with van der Waals surface area (Å²) in [4.78, 5) is 7.23. The highest BCUT2D eigenvalue weighted by atomic mass is 14.9. The van der Waals surface area contributed by atoms with Gasteiger partial charge in [-0.1, -0.05) is 0 Å². The number of hydrogen-bond donors (Lipinski definition) is 2. The summed E-state index contributed by atoms with van der Waals surface area (Å²) in [6.07, 6.45) is 0. The maximum atomic E-state index is 5.50. The van der Waals surface area contributed by atoms with Gasteiger partial charge >= 0.3 is 0 Å². The number of pyridine rings is 1. The average molecular weight is 147 g/mol. The molecule has 11 heavy (non-hydrogen) atoms. The number of H-pyrrole nitrogens is 1. The molecule has 0 aliphatic heterocycles. The lowest BCUT2D eigenvalue weighted by Crippen LogP contribution is -1.88. The third-order valence-electron chi connectivity index (χ3n) is 1.64. The van der Waals surface area contributed by atoms with E-state index < -0.39 is 0 Å². The largest absolute Gasteiger partial charge is 0.384 e.